The van der Waals surface area contributed by atoms with Gasteiger partial charge in [-0.05, 0) is 55.6 Å². The molecule has 0 aliphatic heterocycles. The Kier molecular flexibility index (Phi) is 5.82. The minimum Gasteiger partial charge on any atom is -0.228 e. The van der Waals surface area contributed by atoms with Gasteiger partial charge in [0.05, 0.1) is 11.4 Å². The summed E-state index contributed by atoms with van der Waals surface area (Å²) in [6.45, 7) is 0. The molecular formula is C40H26N2. The van der Waals surface area contributed by atoms with E-state index in [0.29, 0.717) is 0 Å². The van der Waals surface area contributed by atoms with Crippen molar-refractivity contribution in [3.63, 3.8) is 0 Å². The zero-order valence-electron chi connectivity index (χ0n) is 22.9. The Morgan fingerprint density at radius 3 is 1.55 bits per heavy atom. The van der Waals surface area contributed by atoms with E-state index in [0.717, 1.165) is 44.7 Å². The lowest BCUT2D eigenvalue weighted by atomic mass is 9.92. The van der Waals surface area contributed by atoms with Crippen molar-refractivity contribution in [3.8, 4) is 45.0 Å². The van der Waals surface area contributed by atoms with Crippen molar-refractivity contribution in [1.29, 1.82) is 0 Å². The van der Waals surface area contributed by atoms with Gasteiger partial charge in [0, 0.05) is 16.7 Å². The SMILES string of the molecule is c1ccc(-c2ccc(-c3cc(-c4ccccc4)nc(-c4c5ccccc5cc5c4ccc4ccccc45)n3)cc2)cc1. The maximum atomic E-state index is 5.27. The van der Waals surface area contributed by atoms with Crippen LogP contribution in [0, 0.1) is 0 Å². The van der Waals surface area contributed by atoms with Gasteiger partial charge in [0.2, 0.25) is 0 Å². The highest BCUT2D eigenvalue weighted by molar-refractivity contribution is 6.19. The molecule has 0 aliphatic carbocycles. The number of hydrogen-bond donors (Lipinski definition) is 0. The van der Waals surface area contributed by atoms with E-state index in [-0.39, 0.29) is 0 Å². The topological polar surface area (TPSA) is 25.8 Å². The Morgan fingerprint density at radius 2 is 0.833 bits per heavy atom. The quantitative estimate of drug-likeness (QED) is 0.166. The van der Waals surface area contributed by atoms with Crippen molar-refractivity contribution in [2.24, 2.45) is 0 Å². The van der Waals surface area contributed by atoms with Crippen LogP contribution in [-0.4, -0.2) is 9.97 Å². The van der Waals surface area contributed by atoms with Gasteiger partial charge in [-0.2, -0.15) is 0 Å². The lowest BCUT2D eigenvalue weighted by Crippen LogP contribution is -1.97. The second-order valence-electron chi connectivity index (χ2n) is 10.6. The molecule has 0 amide bonds. The molecule has 1 heterocycles. The third kappa shape index (κ3) is 4.22. The van der Waals surface area contributed by atoms with Crippen molar-refractivity contribution < 1.29 is 0 Å². The fraction of sp³-hybridized carbons (Fsp3) is 0. The summed E-state index contributed by atoms with van der Waals surface area (Å²) < 4.78 is 0. The van der Waals surface area contributed by atoms with Gasteiger partial charge in [-0.15, -0.1) is 0 Å². The summed E-state index contributed by atoms with van der Waals surface area (Å²) in [5, 5.41) is 7.16. The maximum absolute atomic E-state index is 5.27. The molecule has 196 valence electrons. The fourth-order valence-electron chi connectivity index (χ4n) is 5.99. The molecule has 8 rings (SSSR count). The molecule has 0 spiro atoms. The van der Waals surface area contributed by atoms with Crippen LogP contribution in [0.15, 0.2) is 158 Å². The van der Waals surface area contributed by atoms with Crippen LogP contribution >= 0.6 is 0 Å². The Bertz CT molecular complexity index is 2220. The van der Waals surface area contributed by atoms with Gasteiger partial charge in [0.15, 0.2) is 5.82 Å². The van der Waals surface area contributed by atoms with Crippen molar-refractivity contribution in [1.82, 2.24) is 9.97 Å². The molecule has 8 aromatic rings. The first-order valence-electron chi connectivity index (χ1n) is 14.3. The first-order valence-corrected chi connectivity index (χ1v) is 14.3. The number of benzene rings is 7. The van der Waals surface area contributed by atoms with Crippen molar-refractivity contribution >= 4 is 32.3 Å². The van der Waals surface area contributed by atoms with Gasteiger partial charge < -0.3 is 0 Å². The molecule has 42 heavy (non-hydrogen) atoms. The van der Waals surface area contributed by atoms with E-state index in [9.17, 15) is 0 Å². The van der Waals surface area contributed by atoms with E-state index in [2.05, 4.69) is 146 Å². The summed E-state index contributed by atoms with van der Waals surface area (Å²) in [7, 11) is 0. The minimum absolute atomic E-state index is 0.732. The van der Waals surface area contributed by atoms with E-state index in [1.165, 1.54) is 32.7 Å². The van der Waals surface area contributed by atoms with Gasteiger partial charge >= 0.3 is 0 Å². The summed E-state index contributed by atoms with van der Waals surface area (Å²) in [5.41, 5.74) is 7.39. The van der Waals surface area contributed by atoms with Crippen LogP contribution in [0.4, 0.5) is 0 Å². The second-order valence-corrected chi connectivity index (χ2v) is 10.6. The first-order chi connectivity index (χ1) is 20.8. The second kappa shape index (κ2) is 10.1. The Morgan fingerprint density at radius 1 is 0.310 bits per heavy atom. The highest BCUT2D eigenvalue weighted by atomic mass is 14.9. The monoisotopic (exact) mass is 534 g/mol. The number of fused-ring (bicyclic) bond motifs is 4. The molecule has 0 aliphatic rings. The number of hydrogen-bond acceptors (Lipinski definition) is 2. The first kappa shape index (κ1) is 24.2. The zero-order chi connectivity index (χ0) is 27.9. The van der Waals surface area contributed by atoms with Crippen molar-refractivity contribution in [3.05, 3.63) is 158 Å². The highest BCUT2D eigenvalue weighted by Crippen LogP contribution is 2.39. The van der Waals surface area contributed by atoms with E-state index in [4.69, 9.17) is 9.97 Å². The molecule has 0 unspecified atom stereocenters. The van der Waals surface area contributed by atoms with Crippen LogP contribution in [0.5, 0.6) is 0 Å². The highest BCUT2D eigenvalue weighted by Gasteiger charge is 2.17. The molecule has 0 saturated carbocycles. The largest absolute Gasteiger partial charge is 0.228 e. The van der Waals surface area contributed by atoms with E-state index >= 15 is 0 Å². The van der Waals surface area contributed by atoms with Crippen LogP contribution in [0.3, 0.4) is 0 Å². The summed E-state index contributed by atoms with van der Waals surface area (Å²) >= 11 is 0. The molecule has 0 saturated heterocycles. The van der Waals surface area contributed by atoms with Crippen LogP contribution in [0.1, 0.15) is 0 Å². The summed E-state index contributed by atoms with van der Waals surface area (Å²) in [6.07, 6.45) is 0. The Hall–Kier alpha value is -5.60. The van der Waals surface area contributed by atoms with Gasteiger partial charge in [-0.25, -0.2) is 9.97 Å². The molecule has 0 N–H and O–H groups in total. The molecule has 0 bridgehead atoms. The van der Waals surface area contributed by atoms with Crippen LogP contribution in [0.25, 0.3) is 77.3 Å². The molecule has 2 heteroatoms. The normalized spacial score (nSPS) is 11.3. The van der Waals surface area contributed by atoms with Gasteiger partial charge in [-0.1, -0.05) is 146 Å². The van der Waals surface area contributed by atoms with Crippen molar-refractivity contribution in [2.45, 2.75) is 0 Å². The predicted octanol–water partition coefficient (Wildman–Crippen LogP) is 10.6. The van der Waals surface area contributed by atoms with E-state index in [1.807, 2.05) is 12.1 Å². The summed E-state index contributed by atoms with van der Waals surface area (Å²) in [4.78, 5) is 10.5. The van der Waals surface area contributed by atoms with E-state index < -0.39 is 0 Å². The summed E-state index contributed by atoms with van der Waals surface area (Å²) in [6, 6.07) is 55.6. The van der Waals surface area contributed by atoms with Crippen LogP contribution in [-0.2, 0) is 0 Å². The number of rotatable bonds is 4. The standard InChI is InChI=1S/C40H26N2/c1-3-11-27(12-4-1)28-19-21-31(22-20-28)38-26-37(30-14-5-2-6-15-30)41-40(42-38)39-34-18-10-8-16-32(34)25-36-33-17-9-7-13-29(33)23-24-35(36)39/h1-26H. The smallest absolute Gasteiger partial charge is 0.161 e. The van der Waals surface area contributed by atoms with Gasteiger partial charge in [-0.3, -0.25) is 0 Å². The van der Waals surface area contributed by atoms with Crippen molar-refractivity contribution in [2.75, 3.05) is 0 Å². The number of aromatic nitrogens is 2. The lowest BCUT2D eigenvalue weighted by Gasteiger charge is -2.15. The Labute approximate surface area is 244 Å². The molecule has 7 aromatic carbocycles. The molecular weight excluding hydrogens is 508 g/mol. The molecule has 0 atom stereocenters. The molecule has 0 radical (unpaired) electrons. The molecule has 1 aromatic heterocycles. The zero-order valence-corrected chi connectivity index (χ0v) is 22.9. The van der Waals surface area contributed by atoms with Gasteiger partial charge in [0.25, 0.3) is 0 Å². The lowest BCUT2D eigenvalue weighted by molar-refractivity contribution is 1.19. The van der Waals surface area contributed by atoms with Crippen LogP contribution < -0.4 is 0 Å². The fourth-order valence-corrected chi connectivity index (χ4v) is 5.99. The molecule has 0 fully saturated rings. The molecule has 2 nitrogen and oxygen atoms in total. The third-order valence-electron chi connectivity index (χ3n) is 8.08. The third-order valence-corrected chi connectivity index (χ3v) is 8.08. The van der Waals surface area contributed by atoms with E-state index in [1.54, 1.807) is 0 Å². The van der Waals surface area contributed by atoms with Crippen LogP contribution in [0.2, 0.25) is 0 Å². The maximum Gasteiger partial charge on any atom is 0.161 e. The average Bonchev–Trinajstić information content (AvgIpc) is 3.08. The number of nitrogens with zero attached hydrogens (tertiary/aromatic N) is 2. The Balaban J connectivity index is 1.40. The average molecular weight is 535 g/mol. The predicted molar refractivity (Wildman–Crippen MR) is 176 cm³/mol. The van der Waals surface area contributed by atoms with Gasteiger partial charge in [0.1, 0.15) is 0 Å². The summed E-state index contributed by atoms with van der Waals surface area (Å²) in [5.74, 6) is 0.732. The minimum atomic E-state index is 0.732.